The van der Waals surface area contributed by atoms with Crippen LogP contribution in [0, 0.1) is 11.7 Å². The zero-order valence-electron chi connectivity index (χ0n) is 24.4. The van der Waals surface area contributed by atoms with Crippen molar-refractivity contribution in [2.75, 3.05) is 6.67 Å². The molecule has 0 saturated heterocycles. The van der Waals surface area contributed by atoms with Crippen LogP contribution in [0.2, 0.25) is 0 Å². The van der Waals surface area contributed by atoms with Crippen molar-refractivity contribution in [3.63, 3.8) is 0 Å². The van der Waals surface area contributed by atoms with Gasteiger partial charge in [0.15, 0.2) is 5.76 Å². The van der Waals surface area contributed by atoms with Crippen LogP contribution in [0.1, 0.15) is 67.6 Å². The molecule has 230 valence electrons. The zero-order chi connectivity index (χ0) is 31.2. The van der Waals surface area contributed by atoms with Crippen molar-refractivity contribution in [3.8, 4) is 11.3 Å². The number of carbonyl (C=O) groups excluding carboxylic acids is 3. The number of hydrogen-bond donors (Lipinski definition) is 3. The van der Waals surface area contributed by atoms with Gasteiger partial charge in [-0.15, -0.1) is 0 Å². The number of hydrogen-bond acceptors (Lipinski definition) is 6. The van der Waals surface area contributed by atoms with Crippen LogP contribution in [-0.4, -0.2) is 47.1 Å². The minimum absolute atomic E-state index is 0.00685. The maximum atomic E-state index is 14.0. The lowest BCUT2D eigenvalue weighted by molar-refractivity contribution is -0.200. The van der Waals surface area contributed by atoms with Gasteiger partial charge in [-0.3, -0.25) is 24.0 Å². The molecule has 3 rings (SSSR count). The number of hydroxylamine groups is 2. The van der Waals surface area contributed by atoms with Gasteiger partial charge in [0.2, 0.25) is 12.3 Å². The summed E-state index contributed by atoms with van der Waals surface area (Å²) in [6.07, 6.45) is 3.80. The molecule has 0 radical (unpaired) electrons. The Morgan fingerprint density at radius 2 is 1.81 bits per heavy atom. The molecule has 11 heteroatoms. The van der Waals surface area contributed by atoms with E-state index >= 15 is 0 Å². The first-order chi connectivity index (χ1) is 20.8. The van der Waals surface area contributed by atoms with Crippen LogP contribution >= 0.6 is 0 Å². The van der Waals surface area contributed by atoms with E-state index in [0.717, 1.165) is 30.9 Å². The van der Waals surface area contributed by atoms with Gasteiger partial charge in [0.05, 0.1) is 25.0 Å². The summed E-state index contributed by atoms with van der Waals surface area (Å²) >= 11 is 0. The average Bonchev–Trinajstić information content (AvgIpc) is 3.50. The molecule has 0 saturated carbocycles. The Kier molecular flexibility index (Phi) is 12.9. The maximum Gasteiger partial charge on any atom is 0.307 e. The number of aliphatic carboxylic acids is 1. The highest BCUT2D eigenvalue weighted by Crippen LogP contribution is 2.25. The van der Waals surface area contributed by atoms with E-state index in [1.165, 1.54) is 29.3 Å². The Morgan fingerprint density at radius 3 is 2.49 bits per heavy atom. The summed E-state index contributed by atoms with van der Waals surface area (Å²) in [4.78, 5) is 54.8. The SMILES string of the molecule is CCCCCC(C(=O)NCNC(=O)c1ccc(-c2ccc(F)c(CC(=O)O)c2)o1)C(CC)N(C=O)OCc1ccccc1. The lowest BCUT2D eigenvalue weighted by Crippen LogP contribution is -2.48. The molecule has 2 atom stereocenters. The summed E-state index contributed by atoms with van der Waals surface area (Å²) in [6, 6.07) is 15.8. The number of unbranched alkanes of at least 4 members (excludes halogenated alkanes) is 2. The standard InChI is InChI=1S/C32H38FN3O7/c1-3-5-7-12-25(27(4-2)36(21-37)42-19-22-10-8-6-9-11-22)31(40)34-20-35-32(41)29-16-15-28(43-29)23-13-14-26(33)24(17-23)18-30(38)39/h6,8-11,13-17,21,25,27H,3-5,7,12,18-20H2,1-2H3,(H,34,40)(H,35,41)(H,38,39). The number of nitrogens with zero attached hydrogens (tertiary/aromatic N) is 1. The monoisotopic (exact) mass is 595 g/mol. The number of rotatable bonds is 18. The summed E-state index contributed by atoms with van der Waals surface area (Å²) in [6.45, 7) is 3.95. The number of carboxylic acid groups (broad SMARTS) is 1. The molecule has 3 N–H and O–H groups in total. The fourth-order valence-electron chi connectivity index (χ4n) is 4.75. The highest BCUT2D eigenvalue weighted by molar-refractivity contribution is 5.92. The first-order valence-corrected chi connectivity index (χ1v) is 14.3. The first-order valence-electron chi connectivity index (χ1n) is 14.3. The number of amides is 3. The second-order valence-electron chi connectivity index (χ2n) is 10.1. The number of carbonyl (C=O) groups is 4. The van der Waals surface area contributed by atoms with Crippen LogP contribution in [-0.2, 0) is 32.2 Å². The van der Waals surface area contributed by atoms with E-state index in [4.69, 9.17) is 14.4 Å². The van der Waals surface area contributed by atoms with E-state index in [1.54, 1.807) is 0 Å². The van der Waals surface area contributed by atoms with Gasteiger partial charge in [0.1, 0.15) is 18.2 Å². The molecule has 43 heavy (non-hydrogen) atoms. The van der Waals surface area contributed by atoms with Gasteiger partial charge in [-0.25, -0.2) is 9.45 Å². The lowest BCUT2D eigenvalue weighted by Gasteiger charge is -2.32. The summed E-state index contributed by atoms with van der Waals surface area (Å²) < 4.78 is 19.6. The number of benzene rings is 2. The Labute approximate surface area is 250 Å². The molecule has 0 aliphatic carbocycles. The average molecular weight is 596 g/mol. The van der Waals surface area contributed by atoms with Gasteiger partial charge in [-0.1, -0.05) is 63.4 Å². The third-order valence-electron chi connectivity index (χ3n) is 7.01. The minimum atomic E-state index is -1.17. The molecular formula is C32H38FN3O7. The van der Waals surface area contributed by atoms with Crippen molar-refractivity contribution in [3.05, 3.63) is 83.4 Å². The van der Waals surface area contributed by atoms with Crippen molar-refractivity contribution in [2.45, 2.75) is 65.0 Å². The molecule has 3 amide bonds. The van der Waals surface area contributed by atoms with E-state index in [0.29, 0.717) is 24.8 Å². The molecule has 10 nitrogen and oxygen atoms in total. The van der Waals surface area contributed by atoms with Crippen molar-refractivity contribution < 1.29 is 37.9 Å². The van der Waals surface area contributed by atoms with Gasteiger partial charge in [0.25, 0.3) is 5.91 Å². The predicted molar refractivity (Wildman–Crippen MR) is 157 cm³/mol. The summed E-state index contributed by atoms with van der Waals surface area (Å²) in [5.74, 6) is -3.08. The number of carboxylic acids is 1. The van der Waals surface area contributed by atoms with E-state index in [9.17, 15) is 23.6 Å². The highest BCUT2D eigenvalue weighted by Gasteiger charge is 2.32. The zero-order valence-corrected chi connectivity index (χ0v) is 24.4. The molecular weight excluding hydrogens is 557 g/mol. The van der Waals surface area contributed by atoms with Crippen LogP contribution in [0.4, 0.5) is 4.39 Å². The summed E-state index contributed by atoms with van der Waals surface area (Å²) in [5, 5.41) is 15.5. The molecule has 0 spiro atoms. The number of halogens is 1. The molecule has 2 aromatic carbocycles. The maximum absolute atomic E-state index is 14.0. The predicted octanol–water partition coefficient (Wildman–Crippen LogP) is 5.08. The molecule has 0 aliphatic heterocycles. The largest absolute Gasteiger partial charge is 0.481 e. The third-order valence-corrected chi connectivity index (χ3v) is 7.01. The Morgan fingerprint density at radius 1 is 1.05 bits per heavy atom. The van der Waals surface area contributed by atoms with Gasteiger partial charge < -0.3 is 20.2 Å². The van der Waals surface area contributed by atoms with Crippen LogP contribution in [0.5, 0.6) is 0 Å². The fourth-order valence-corrected chi connectivity index (χ4v) is 4.75. The highest BCUT2D eigenvalue weighted by atomic mass is 19.1. The second-order valence-corrected chi connectivity index (χ2v) is 10.1. The lowest BCUT2D eigenvalue weighted by atomic mass is 9.90. The van der Waals surface area contributed by atoms with E-state index in [-0.39, 0.29) is 36.3 Å². The summed E-state index contributed by atoms with van der Waals surface area (Å²) in [5.41, 5.74) is 1.30. The molecule has 3 aromatic rings. The minimum Gasteiger partial charge on any atom is -0.481 e. The smallest absolute Gasteiger partial charge is 0.307 e. The molecule has 0 aliphatic rings. The van der Waals surface area contributed by atoms with Crippen LogP contribution in [0.25, 0.3) is 11.3 Å². The van der Waals surface area contributed by atoms with Crippen molar-refractivity contribution >= 4 is 24.2 Å². The Hall–Kier alpha value is -4.51. The van der Waals surface area contributed by atoms with E-state index < -0.39 is 36.1 Å². The van der Waals surface area contributed by atoms with Crippen molar-refractivity contribution in [2.24, 2.45) is 5.92 Å². The first kappa shape index (κ1) is 33.0. The topological polar surface area (TPSA) is 138 Å². The van der Waals surface area contributed by atoms with Gasteiger partial charge in [-0.2, -0.15) is 0 Å². The fraction of sp³-hybridized carbons (Fsp3) is 0.375. The molecule has 1 aromatic heterocycles. The second kappa shape index (κ2) is 16.8. The van der Waals surface area contributed by atoms with E-state index in [1.807, 2.05) is 37.3 Å². The normalized spacial score (nSPS) is 12.3. The van der Waals surface area contributed by atoms with Gasteiger partial charge in [0, 0.05) is 5.56 Å². The number of furan rings is 1. The van der Waals surface area contributed by atoms with Crippen molar-refractivity contribution in [1.29, 1.82) is 0 Å². The van der Waals surface area contributed by atoms with Crippen LogP contribution in [0.3, 0.4) is 0 Å². The molecule has 2 unspecified atom stereocenters. The molecule has 0 bridgehead atoms. The van der Waals surface area contributed by atoms with Gasteiger partial charge in [-0.05, 0) is 54.3 Å². The molecule has 0 fully saturated rings. The third kappa shape index (κ3) is 9.78. The van der Waals surface area contributed by atoms with E-state index in [2.05, 4.69) is 17.6 Å². The summed E-state index contributed by atoms with van der Waals surface area (Å²) in [7, 11) is 0. The Balaban J connectivity index is 1.62. The quantitative estimate of drug-likeness (QED) is 0.0807. The van der Waals surface area contributed by atoms with Crippen molar-refractivity contribution in [1.82, 2.24) is 15.7 Å². The van der Waals surface area contributed by atoms with Gasteiger partial charge >= 0.3 is 5.97 Å². The van der Waals surface area contributed by atoms with Crippen LogP contribution < -0.4 is 10.6 Å². The number of nitrogens with one attached hydrogen (secondary N) is 2. The van der Waals surface area contributed by atoms with Crippen LogP contribution in [0.15, 0.2) is 65.1 Å². The molecule has 1 heterocycles. The Bertz CT molecular complexity index is 1360.